The summed E-state index contributed by atoms with van der Waals surface area (Å²) in [6.45, 7) is 8.47. The lowest BCUT2D eigenvalue weighted by molar-refractivity contribution is 0.288. The summed E-state index contributed by atoms with van der Waals surface area (Å²) >= 11 is 0. The fraction of sp³-hybridized carbons (Fsp3) is 0.636. The second kappa shape index (κ2) is 4.47. The van der Waals surface area contributed by atoms with E-state index in [1.807, 2.05) is 6.92 Å². The van der Waals surface area contributed by atoms with E-state index in [2.05, 4.69) is 25.8 Å². The Labute approximate surface area is 90.1 Å². The number of nitrogens with two attached hydrogens (primary N) is 1. The highest BCUT2D eigenvalue weighted by Gasteiger charge is 2.18. The van der Waals surface area contributed by atoms with Gasteiger partial charge in [0.2, 0.25) is 0 Å². The molecule has 1 rings (SSSR count). The van der Waals surface area contributed by atoms with Crippen molar-refractivity contribution >= 4 is 5.82 Å². The zero-order valence-electron chi connectivity index (χ0n) is 9.77. The average molecular weight is 209 g/mol. The molecule has 2 atom stereocenters. The third kappa shape index (κ3) is 2.58. The van der Waals surface area contributed by atoms with E-state index in [0.717, 1.165) is 0 Å². The predicted octanol–water partition coefficient (Wildman–Crippen LogP) is 1.68. The van der Waals surface area contributed by atoms with E-state index in [4.69, 9.17) is 5.73 Å². The largest absolute Gasteiger partial charge is 0.383 e. The molecule has 1 aromatic rings. The molecule has 0 aliphatic heterocycles. The first kappa shape index (κ1) is 11.8. The summed E-state index contributed by atoms with van der Waals surface area (Å²) in [5.41, 5.74) is 5.17. The molecule has 2 unspecified atom stereocenters. The molecule has 0 bridgehead atoms. The van der Waals surface area contributed by atoms with Gasteiger partial charge in [-0.15, -0.1) is 0 Å². The van der Waals surface area contributed by atoms with Crippen molar-refractivity contribution in [2.24, 2.45) is 11.8 Å². The molecular weight excluding hydrogens is 190 g/mol. The normalized spacial score (nSPS) is 15.3. The van der Waals surface area contributed by atoms with Crippen molar-refractivity contribution in [1.82, 2.24) is 9.55 Å². The number of hydrogen-bond acceptors (Lipinski definition) is 3. The maximum atomic E-state index is 11.6. The Hall–Kier alpha value is -1.32. The van der Waals surface area contributed by atoms with Crippen molar-refractivity contribution in [1.29, 1.82) is 0 Å². The van der Waals surface area contributed by atoms with Gasteiger partial charge in [-0.25, -0.2) is 4.79 Å². The van der Waals surface area contributed by atoms with Crippen LogP contribution in [-0.4, -0.2) is 9.55 Å². The average Bonchev–Trinajstić information content (AvgIpc) is 2.15. The number of aromatic nitrogens is 2. The SMILES string of the molecule is CC(C)C(C)C(C)n1ccc(N)nc1=O. The van der Waals surface area contributed by atoms with Gasteiger partial charge >= 0.3 is 5.69 Å². The molecule has 1 aromatic heterocycles. The van der Waals surface area contributed by atoms with Crippen LogP contribution in [0.15, 0.2) is 17.1 Å². The van der Waals surface area contributed by atoms with Crippen LogP contribution in [0.1, 0.15) is 33.7 Å². The smallest absolute Gasteiger partial charge is 0.349 e. The molecule has 1 heterocycles. The Morgan fingerprint density at radius 3 is 2.40 bits per heavy atom. The zero-order chi connectivity index (χ0) is 11.6. The molecule has 4 heteroatoms. The van der Waals surface area contributed by atoms with Crippen LogP contribution in [-0.2, 0) is 0 Å². The Kier molecular flexibility index (Phi) is 3.50. The monoisotopic (exact) mass is 209 g/mol. The van der Waals surface area contributed by atoms with Crippen molar-refractivity contribution in [3.63, 3.8) is 0 Å². The van der Waals surface area contributed by atoms with Crippen molar-refractivity contribution < 1.29 is 0 Å². The summed E-state index contributed by atoms with van der Waals surface area (Å²) in [7, 11) is 0. The summed E-state index contributed by atoms with van der Waals surface area (Å²) in [6, 6.07) is 1.80. The minimum atomic E-state index is -0.269. The van der Waals surface area contributed by atoms with Crippen LogP contribution in [0.3, 0.4) is 0 Å². The Bertz CT molecular complexity index is 384. The lowest BCUT2D eigenvalue weighted by Gasteiger charge is -2.24. The molecule has 4 nitrogen and oxygen atoms in total. The highest BCUT2D eigenvalue weighted by Crippen LogP contribution is 2.22. The first-order chi connectivity index (χ1) is 6.93. The van der Waals surface area contributed by atoms with Gasteiger partial charge in [-0.2, -0.15) is 4.98 Å². The first-order valence-electron chi connectivity index (χ1n) is 5.28. The number of nitrogens with zero attached hydrogens (tertiary/aromatic N) is 2. The van der Waals surface area contributed by atoms with Gasteiger partial charge in [0, 0.05) is 12.2 Å². The van der Waals surface area contributed by atoms with E-state index in [-0.39, 0.29) is 17.5 Å². The van der Waals surface area contributed by atoms with Crippen LogP contribution < -0.4 is 11.4 Å². The van der Waals surface area contributed by atoms with E-state index in [9.17, 15) is 4.79 Å². The van der Waals surface area contributed by atoms with Crippen molar-refractivity contribution in [3.05, 3.63) is 22.7 Å². The minimum absolute atomic E-state index is 0.144. The molecule has 15 heavy (non-hydrogen) atoms. The Morgan fingerprint density at radius 1 is 1.33 bits per heavy atom. The van der Waals surface area contributed by atoms with Gasteiger partial charge in [0.1, 0.15) is 5.82 Å². The molecule has 0 saturated carbocycles. The fourth-order valence-corrected chi connectivity index (χ4v) is 1.55. The van der Waals surface area contributed by atoms with Gasteiger partial charge in [0.25, 0.3) is 0 Å². The molecule has 0 aliphatic carbocycles. The number of nitrogen functional groups attached to an aromatic ring is 1. The molecule has 0 spiro atoms. The molecule has 2 N–H and O–H groups in total. The highest BCUT2D eigenvalue weighted by atomic mass is 16.1. The molecule has 0 amide bonds. The molecule has 0 aliphatic rings. The van der Waals surface area contributed by atoms with Crippen LogP contribution >= 0.6 is 0 Å². The van der Waals surface area contributed by atoms with E-state index < -0.39 is 0 Å². The van der Waals surface area contributed by atoms with Gasteiger partial charge in [0.15, 0.2) is 0 Å². The van der Waals surface area contributed by atoms with Gasteiger partial charge in [-0.1, -0.05) is 20.8 Å². The standard InChI is InChI=1S/C11H19N3O/c1-7(2)8(3)9(4)14-6-5-10(12)13-11(14)15/h5-9H,1-4H3,(H2,12,13,15). The molecule has 84 valence electrons. The van der Waals surface area contributed by atoms with E-state index in [1.54, 1.807) is 16.8 Å². The molecular formula is C11H19N3O. The second-order valence-electron chi connectivity index (χ2n) is 4.39. The summed E-state index contributed by atoms with van der Waals surface area (Å²) in [5, 5.41) is 0. The minimum Gasteiger partial charge on any atom is -0.383 e. The van der Waals surface area contributed by atoms with Crippen LogP contribution in [0.2, 0.25) is 0 Å². The van der Waals surface area contributed by atoms with Crippen molar-refractivity contribution in [3.8, 4) is 0 Å². The van der Waals surface area contributed by atoms with Crippen molar-refractivity contribution in [2.45, 2.75) is 33.7 Å². The number of anilines is 1. The van der Waals surface area contributed by atoms with E-state index in [0.29, 0.717) is 11.8 Å². The second-order valence-corrected chi connectivity index (χ2v) is 4.39. The van der Waals surface area contributed by atoms with E-state index in [1.165, 1.54) is 0 Å². The van der Waals surface area contributed by atoms with Gasteiger partial charge in [-0.05, 0) is 24.8 Å². The van der Waals surface area contributed by atoms with Crippen LogP contribution in [0.5, 0.6) is 0 Å². The third-order valence-electron chi connectivity index (χ3n) is 3.10. The predicted molar refractivity (Wildman–Crippen MR) is 61.6 cm³/mol. The quantitative estimate of drug-likeness (QED) is 0.823. The van der Waals surface area contributed by atoms with Crippen LogP contribution in [0.25, 0.3) is 0 Å². The molecule has 0 fully saturated rings. The van der Waals surface area contributed by atoms with Gasteiger partial charge in [-0.3, -0.25) is 4.57 Å². The number of hydrogen-bond donors (Lipinski definition) is 1. The summed E-state index contributed by atoms with van der Waals surface area (Å²) in [5.74, 6) is 1.23. The summed E-state index contributed by atoms with van der Waals surface area (Å²) in [6.07, 6.45) is 1.72. The lowest BCUT2D eigenvalue weighted by Crippen LogP contribution is -2.30. The first-order valence-corrected chi connectivity index (χ1v) is 5.28. The molecule has 0 saturated heterocycles. The topological polar surface area (TPSA) is 60.9 Å². The Balaban J connectivity index is 3.01. The number of rotatable bonds is 3. The summed E-state index contributed by atoms with van der Waals surface area (Å²) in [4.78, 5) is 15.3. The lowest BCUT2D eigenvalue weighted by atomic mass is 9.91. The molecule has 0 aromatic carbocycles. The fourth-order valence-electron chi connectivity index (χ4n) is 1.55. The Morgan fingerprint density at radius 2 is 1.93 bits per heavy atom. The van der Waals surface area contributed by atoms with Crippen molar-refractivity contribution in [2.75, 3.05) is 5.73 Å². The van der Waals surface area contributed by atoms with Crippen LogP contribution in [0, 0.1) is 11.8 Å². The maximum Gasteiger partial charge on any atom is 0.349 e. The maximum absolute atomic E-state index is 11.6. The zero-order valence-corrected chi connectivity index (χ0v) is 9.77. The summed E-state index contributed by atoms with van der Waals surface area (Å²) < 4.78 is 1.64. The third-order valence-corrected chi connectivity index (χ3v) is 3.10. The van der Waals surface area contributed by atoms with Gasteiger partial charge in [0.05, 0.1) is 0 Å². The van der Waals surface area contributed by atoms with Crippen LogP contribution in [0.4, 0.5) is 5.82 Å². The van der Waals surface area contributed by atoms with E-state index >= 15 is 0 Å². The van der Waals surface area contributed by atoms with Gasteiger partial charge < -0.3 is 5.73 Å². The highest BCUT2D eigenvalue weighted by molar-refractivity contribution is 5.23. The molecule has 0 radical (unpaired) electrons.